The van der Waals surface area contributed by atoms with Crippen molar-refractivity contribution in [1.82, 2.24) is 9.55 Å². The molecule has 90 valence electrons. The molecule has 0 radical (unpaired) electrons. The molecule has 0 amide bonds. The molecule has 3 nitrogen and oxygen atoms in total. The summed E-state index contributed by atoms with van der Waals surface area (Å²) in [6, 6.07) is 6.00. The van der Waals surface area contributed by atoms with E-state index in [2.05, 4.69) is 17.2 Å². The van der Waals surface area contributed by atoms with Crippen molar-refractivity contribution in [3.63, 3.8) is 0 Å². The minimum atomic E-state index is 0.119. The van der Waals surface area contributed by atoms with Crippen LogP contribution in [0, 0.1) is 6.92 Å². The van der Waals surface area contributed by atoms with Crippen LogP contribution in [-0.2, 0) is 7.05 Å². The Morgan fingerprint density at radius 1 is 1.41 bits per heavy atom. The van der Waals surface area contributed by atoms with Gasteiger partial charge in [0.15, 0.2) is 0 Å². The Bertz CT molecular complexity index is 499. The Balaban J connectivity index is 2.25. The lowest BCUT2D eigenvalue weighted by Crippen LogP contribution is -2.12. The molecule has 0 aliphatic carbocycles. The normalized spacial score (nSPS) is 12.5. The third-order valence-electron chi connectivity index (χ3n) is 2.83. The number of hydrogen-bond donors (Lipinski definition) is 1. The summed E-state index contributed by atoms with van der Waals surface area (Å²) in [5.74, 6) is 0.990. The van der Waals surface area contributed by atoms with Crippen LogP contribution in [0.25, 0.3) is 0 Å². The fraction of sp³-hybridized carbons (Fsp3) is 0.308. The van der Waals surface area contributed by atoms with Crippen molar-refractivity contribution in [1.29, 1.82) is 0 Å². The van der Waals surface area contributed by atoms with Gasteiger partial charge in [-0.25, -0.2) is 4.98 Å². The summed E-state index contributed by atoms with van der Waals surface area (Å²) in [6.07, 6.45) is 3.74. The number of aryl methyl sites for hydroxylation is 2. The number of imidazole rings is 1. The Morgan fingerprint density at radius 2 is 2.18 bits per heavy atom. The molecular formula is C13H16ClN3. The van der Waals surface area contributed by atoms with Gasteiger partial charge in [0.1, 0.15) is 5.82 Å². The molecule has 0 saturated carbocycles. The largest absolute Gasteiger partial charge is 0.374 e. The minimum Gasteiger partial charge on any atom is -0.374 e. The summed E-state index contributed by atoms with van der Waals surface area (Å²) in [7, 11) is 1.99. The maximum atomic E-state index is 6.19. The van der Waals surface area contributed by atoms with Gasteiger partial charge >= 0.3 is 0 Å². The number of nitrogens with zero attached hydrogens (tertiary/aromatic N) is 2. The van der Waals surface area contributed by atoms with Crippen molar-refractivity contribution >= 4 is 17.3 Å². The number of aromatic nitrogens is 2. The Labute approximate surface area is 106 Å². The number of hydrogen-bond acceptors (Lipinski definition) is 2. The van der Waals surface area contributed by atoms with Crippen LogP contribution in [0.2, 0.25) is 5.02 Å². The van der Waals surface area contributed by atoms with Gasteiger partial charge in [0.2, 0.25) is 0 Å². The van der Waals surface area contributed by atoms with E-state index in [-0.39, 0.29) is 6.04 Å². The smallest absolute Gasteiger partial charge is 0.130 e. The fourth-order valence-electron chi connectivity index (χ4n) is 1.89. The average Bonchev–Trinajstić information content (AvgIpc) is 2.70. The maximum absolute atomic E-state index is 6.19. The SMILES string of the molecule is Cc1cccc(Cl)c1NC(C)c1nccn1C. The summed E-state index contributed by atoms with van der Waals surface area (Å²) in [5.41, 5.74) is 2.11. The Hall–Kier alpha value is -1.48. The van der Waals surface area contributed by atoms with E-state index >= 15 is 0 Å². The fourth-order valence-corrected chi connectivity index (χ4v) is 2.17. The summed E-state index contributed by atoms with van der Waals surface area (Å²) in [5, 5.41) is 4.15. The van der Waals surface area contributed by atoms with Crippen LogP contribution < -0.4 is 5.32 Å². The highest BCUT2D eigenvalue weighted by atomic mass is 35.5. The van der Waals surface area contributed by atoms with Crippen LogP contribution in [0.3, 0.4) is 0 Å². The molecule has 0 saturated heterocycles. The van der Waals surface area contributed by atoms with Crippen molar-refractivity contribution in [3.05, 3.63) is 47.0 Å². The van der Waals surface area contributed by atoms with Gasteiger partial charge in [-0.1, -0.05) is 23.7 Å². The molecule has 0 spiro atoms. The molecule has 1 N–H and O–H groups in total. The topological polar surface area (TPSA) is 29.9 Å². The Kier molecular flexibility index (Phi) is 3.38. The van der Waals surface area contributed by atoms with Crippen molar-refractivity contribution in [2.45, 2.75) is 19.9 Å². The van der Waals surface area contributed by atoms with Crippen LogP contribution in [0.5, 0.6) is 0 Å². The number of benzene rings is 1. The van der Waals surface area contributed by atoms with Gasteiger partial charge in [0.05, 0.1) is 16.8 Å². The van der Waals surface area contributed by atoms with Crippen molar-refractivity contribution in [3.8, 4) is 0 Å². The number of rotatable bonds is 3. The molecule has 0 aliphatic rings. The molecule has 0 aliphatic heterocycles. The van der Waals surface area contributed by atoms with E-state index < -0.39 is 0 Å². The van der Waals surface area contributed by atoms with E-state index in [4.69, 9.17) is 11.6 Å². The molecular weight excluding hydrogens is 234 g/mol. The molecule has 17 heavy (non-hydrogen) atoms. The monoisotopic (exact) mass is 249 g/mol. The standard InChI is InChI=1S/C13H16ClN3/c1-9-5-4-6-11(14)12(9)16-10(2)13-15-7-8-17(13)3/h4-8,10,16H,1-3H3. The maximum Gasteiger partial charge on any atom is 0.130 e. The minimum absolute atomic E-state index is 0.119. The zero-order valence-corrected chi connectivity index (χ0v) is 11.0. The predicted octanol–water partition coefficient (Wildman–Crippen LogP) is 3.56. The molecule has 4 heteroatoms. The quantitative estimate of drug-likeness (QED) is 0.902. The zero-order chi connectivity index (χ0) is 12.4. The predicted molar refractivity (Wildman–Crippen MR) is 71.4 cm³/mol. The molecule has 1 heterocycles. The first kappa shape index (κ1) is 12.0. The van der Waals surface area contributed by atoms with E-state index in [9.17, 15) is 0 Å². The Morgan fingerprint density at radius 3 is 2.76 bits per heavy atom. The summed E-state index contributed by atoms with van der Waals surface area (Å²) in [6.45, 7) is 4.12. The molecule has 1 aromatic carbocycles. The molecule has 1 aromatic heterocycles. The van der Waals surface area contributed by atoms with Gasteiger partial charge in [-0.15, -0.1) is 0 Å². The number of para-hydroxylation sites is 1. The highest BCUT2D eigenvalue weighted by molar-refractivity contribution is 6.33. The summed E-state index contributed by atoms with van der Waals surface area (Å²) in [4.78, 5) is 4.33. The molecule has 0 fully saturated rings. The highest BCUT2D eigenvalue weighted by Gasteiger charge is 2.12. The van der Waals surface area contributed by atoms with Gasteiger partial charge in [0, 0.05) is 19.4 Å². The van der Waals surface area contributed by atoms with Crippen LogP contribution in [0.4, 0.5) is 5.69 Å². The lowest BCUT2D eigenvalue weighted by atomic mass is 10.2. The van der Waals surface area contributed by atoms with Gasteiger partial charge < -0.3 is 9.88 Å². The highest BCUT2D eigenvalue weighted by Crippen LogP contribution is 2.28. The molecule has 2 aromatic rings. The second-order valence-electron chi connectivity index (χ2n) is 4.19. The lowest BCUT2D eigenvalue weighted by molar-refractivity contribution is 0.721. The van der Waals surface area contributed by atoms with Crippen molar-refractivity contribution in [2.75, 3.05) is 5.32 Å². The van der Waals surface area contributed by atoms with Gasteiger partial charge in [0.25, 0.3) is 0 Å². The van der Waals surface area contributed by atoms with Gasteiger partial charge in [-0.2, -0.15) is 0 Å². The number of nitrogens with one attached hydrogen (secondary N) is 1. The van der Waals surface area contributed by atoms with Gasteiger partial charge in [-0.3, -0.25) is 0 Å². The van der Waals surface area contributed by atoms with Crippen LogP contribution >= 0.6 is 11.6 Å². The van der Waals surface area contributed by atoms with Crippen LogP contribution in [0.1, 0.15) is 24.4 Å². The molecule has 1 unspecified atom stereocenters. The third kappa shape index (κ3) is 2.44. The first-order chi connectivity index (χ1) is 8.09. The second kappa shape index (κ2) is 4.80. The number of anilines is 1. The third-order valence-corrected chi connectivity index (χ3v) is 3.14. The van der Waals surface area contributed by atoms with E-state index in [0.717, 1.165) is 22.1 Å². The molecule has 2 rings (SSSR count). The van der Waals surface area contributed by atoms with E-state index in [0.29, 0.717) is 0 Å². The summed E-state index contributed by atoms with van der Waals surface area (Å²) < 4.78 is 2.00. The summed E-state index contributed by atoms with van der Waals surface area (Å²) >= 11 is 6.19. The first-order valence-electron chi connectivity index (χ1n) is 5.58. The molecule has 1 atom stereocenters. The molecule has 0 bridgehead atoms. The van der Waals surface area contributed by atoms with E-state index in [1.807, 2.05) is 42.9 Å². The van der Waals surface area contributed by atoms with E-state index in [1.54, 1.807) is 6.20 Å². The lowest BCUT2D eigenvalue weighted by Gasteiger charge is -2.17. The van der Waals surface area contributed by atoms with Crippen LogP contribution in [0.15, 0.2) is 30.6 Å². The van der Waals surface area contributed by atoms with Crippen molar-refractivity contribution in [2.24, 2.45) is 7.05 Å². The van der Waals surface area contributed by atoms with E-state index in [1.165, 1.54) is 0 Å². The second-order valence-corrected chi connectivity index (χ2v) is 4.60. The first-order valence-corrected chi connectivity index (χ1v) is 5.96. The zero-order valence-electron chi connectivity index (χ0n) is 10.2. The van der Waals surface area contributed by atoms with Crippen molar-refractivity contribution < 1.29 is 0 Å². The number of halogens is 1. The van der Waals surface area contributed by atoms with Gasteiger partial charge in [-0.05, 0) is 25.5 Å². The van der Waals surface area contributed by atoms with Crippen LogP contribution in [-0.4, -0.2) is 9.55 Å². The average molecular weight is 250 g/mol.